The second-order valence-electron chi connectivity index (χ2n) is 4.53. The van der Waals surface area contributed by atoms with Gasteiger partial charge in [-0.2, -0.15) is 5.10 Å². The summed E-state index contributed by atoms with van der Waals surface area (Å²) in [4.78, 5) is 13.9. The first-order chi connectivity index (χ1) is 9.09. The fourth-order valence-electron chi connectivity index (χ4n) is 1.79. The van der Waals surface area contributed by atoms with E-state index in [9.17, 15) is 4.79 Å². The minimum Gasteiger partial charge on any atom is -0.383 e. The van der Waals surface area contributed by atoms with E-state index in [0.717, 1.165) is 11.4 Å². The molecule has 0 bridgehead atoms. The summed E-state index contributed by atoms with van der Waals surface area (Å²) in [6.45, 7) is 1.90. The van der Waals surface area contributed by atoms with Crippen LogP contribution in [-0.4, -0.2) is 34.6 Å². The van der Waals surface area contributed by atoms with E-state index in [1.54, 1.807) is 23.2 Å². The molecule has 0 unspecified atom stereocenters. The van der Waals surface area contributed by atoms with Gasteiger partial charge in [-0.05, 0) is 19.1 Å². The topological polar surface area (TPSA) is 38.1 Å². The normalized spacial score (nSPS) is 10.9. The Labute approximate surface area is 113 Å². The Morgan fingerprint density at radius 2 is 1.95 bits per heavy atom. The molecule has 0 amide bonds. The van der Waals surface area contributed by atoms with Gasteiger partial charge < -0.3 is 4.90 Å². The molecule has 0 fully saturated rings. The molecule has 4 heteroatoms. The van der Waals surface area contributed by atoms with Crippen LogP contribution in [0.2, 0.25) is 0 Å². The molecule has 0 aliphatic heterocycles. The summed E-state index contributed by atoms with van der Waals surface area (Å²) in [5.74, 6) is -0.0339. The highest BCUT2D eigenvalue weighted by Gasteiger charge is 2.12. The van der Waals surface area contributed by atoms with Gasteiger partial charge in [0.25, 0.3) is 0 Å². The number of hydrogen-bond acceptors (Lipinski definition) is 3. The molecule has 19 heavy (non-hydrogen) atoms. The van der Waals surface area contributed by atoms with Gasteiger partial charge in [0.05, 0.1) is 23.1 Å². The number of para-hydroxylation sites is 1. The van der Waals surface area contributed by atoms with E-state index >= 15 is 0 Å². The second-order valence-corrected chi connectivity index (χ2v) is 4.53. The van der Waals surface area contributed by atoms with Crippen LogP contribution in [0.1, 0.15) is 16.1 Å². The first-order valence-electron chi connectivity index (χ1n) is 6.08. The Bertz CT molecular complexity index is 597. The average Bonchev–Trinajstić information content (AvgIpc) is 2.79. The van der Waals surface area contributed by atoms with Crippen LogP contribution in [-0.2, 0) is 0 Å². The largest absolute Gasteiger partial charge is 0.383 e. The Balaban J connectivity index is 2.31. The lowest BCUT2D eigenvalue weighted by Gasteiger charge is -2.04. The third kappa shape index (κ3) is 2.91. The second kappa shape index (κ2) is 5.52. The first-order valence-corrected chi connectivity index (χ1v) is 6.08. The van der Waals surface area contributed by atoms with Crippen molar-refractivity contribution >= 4 is 5.78 Å². The molecule has 1 heterocycles. The van der Waals surface area contributed by atoms with Gasteiger partial charge in [-0.15, -0.1) is 0 Å². The van der Waals surface area contributed by atoms with Gasteiger partial charge in [0.15, 0.2) is 5.78 Å². The summed E-state index contributed by atoms with van der Waals surface area (Å²) in [7, 11) is 3.76. The van der Waals surface area contributed by atoms with Crippen LogP contribution >= 0.6 is 0 Å². The number of ketones is 1. The summed E-state index contributed by atoms with van der Waals surface area (Å²) >= 11 is 0. The monoisotopic (exact) mass is 255 g/mol. The molecule has 0 radical (unpaired) electrons. The smallest absolute Gasteiger partial charge is 0.190 e. The molecular weight excluding hydrogens is 238 g/mol. The fourth-order valence-corrected chi connectivity index (χ4v) is 1.79. The summed E-state index contributed by atoms with van der Waals surface area (Å²) in [6, 6.07) is 9.77. The van der Waals surface area contributed by atoms with Crippen LogP contribution in [0.5, 0.6) is 0 Å². The minimum atomic E-state index is -0.0339. The minimum absolute atomic E-state index is 0.0339. The first kappa shape index (κ1) is 13.1. The van der Waals surface area contributed by atoms with E-state index in [4.69, 9.17) is 0 Å². The van der Waals surface area contributed by atoms with E-state index in [2.05, 4.69) is 5.10 Å². The number of allylic oxidation sites excluding steroid dienone is 1. The van der Waals surface area contributed by atoms with Crippen LogP contribution in [0.3, 0.4) is 0 Å². The lowest BCUT2D eigenvalue weighted by molar-refractivity contribution is 0.104. The summed E-state index contributed by atoms with van der Waals surface area (Å²) in [5.41, 5.74) is 2.43. The van der Waals surface area contributed by atoms with Gasteiger partial charge in [-0.1, -0.05) is 18.2 Å². The van der Waals surface area contributed by atoms with Crippen LogP contribution in [0, 0.1) is 6.92 Å². The average molecular weight is 255 g/mol. The zero-order chi connectivity index (χ0) is 13.8. The maximum atomic E-state index is 12.0. The maximum Gasteiger partial charge on any atom is 0.190 e. The fraction of sp³-hybridized carbons (Fsp3) is 0.200. The molecule has 0 aliphatic rings. The predicted octanol–water partition coefficient (Wildman–Crippen LogP) is 2.44. The third-order valence-electron chi connectivity index (χ3n) is 2.80. The van der Waals surface area contributed by atoms with E-state index in [0.29, 0.717) is 5.56 Å². The van der Waals surface area contributed by atoms with Crippen molar-refractivity contribution < 1.29 is 4.79 Å². The number of benzene rings is 1. The van der Waals surface area contributed by atoms with Gasteiger partial charge >= 0.3 is 0 Å². The molecule has 0 aliphatic carbocycles. The molecule has 1 aromatic carbocycles. The van der Waals surface area contributed by atoms with Crippen molar-refractivity contribution in [1.29, 1.82) is 0 Å². The lowest BCUT2D eigenvalue weighted by Crippen LogP contribution is -2.04. The highest BCUT2D eigenvalue weighted by molar-refractivity contribution is 6.05. The SMILES string of the molecule is Cc1c(C(=O)/C=C/N(C)C)cnn1-c1ccccc1. The van der Waals surface area contributed by atoms with Crippen molar-refractivity contribution in [1.82, 2.24) is 14.7 Å². The number of aromatic nitrogens is 2. The van der Waals surface area contributed by atoms with Crippen LogP contribution in [0.25, 0.3) is 5.69 Å². The van der Waals surface area contributed by atoms with Crippen LogP contribution in [0.15, 0.2) is 48.8 Å². The van der Waals surface area contributed by atoms with Crippen molar-refractivity contribution in [2.45, 2.75) is 6.92 Å². The summed E-state index contributed by atoms with van der Waals surface area (Å²) in [5, 5.41) is 4.28. The van der Waals surface area contributed by atoms with E-state index < -0.39 is 0 Å². The number of nitrogens with zero attached hydrogens (tertiary/aromatic N) is 3. The summed E-state index contributed by atoms with van der Waals surface area (Å²) in [6.07, 6.45) is 4.91. The van der Waals surface area contributed by atoms with Crippen LogP contribution in [0.4, 0.5) is 0 Å². The zero-order valence-corrected chi connectivity index (χ0v) is 11.4. The van der Waals surface area contributed by atoms with Crippen molar-refractivity contribution in [2.24, 2.45) is 0 Å². The number of rotatable bonds is 4. The van der Waals surface area contributed by atoms with Crippen molar-refractivity contribution in [3.05, 3.63) is 60.1 Å². The molecule has 0 N–H and O–H groups in total. The molecule has 0 saturated carbocycles. The Hall–Kier alpha value is -2.36. The summed E-state index contributed by atoms with van der Waals surface area (Å²) < 4.78 is 1.77. The maximum absolute atomic E-state index is 12.0. The molecular formula is C15H17N3O. The van der Waals surface area contributed by atoms with Gasteiger partial charge in [0.2, 0.25) is 0 Å². The molecule has 98 valence electrons. The number of carbonyl (C=O) groups excluding carboxylic acids is 1. The molecule has 0 atom stereocenters. The number of hydrogen-bond donors (Lipinski definition) is 0. The Morgan fingerprint density at radius 3 is 2.58 bits per heavy atom. The molecule has 4 nitrogen and oxygen atoms in total. The zero-order valence-electron chi connectivity index (χ0n) is 11.4. The van der Waals surface area contributed by atoms with E-state index in [1.807, 2.05) is 56.3 Å². The van der Waals surface area contributed by atoms with E-state index in [1.165, 1.54) is 0 Å². The standard InChI is InChI=1S/C15H17N3O/c1-12-14(15(19)9-10-17(2)3)11-16-18(12)13-7-5-4-6-8-13/h4-11H,1-3H3/b10-9+. The molecule has 1 aromatic heterocycles. The Morgan fingerprint density at radius 1 is 1.26 bits per heavy atom. The Kier molecular flexibility index (Phi) is 3.80. The highest BCUT2D eigenvalue weighted by atomic mass is 16.1. The van der Waals surface area contributed by atoms with Gasteiger partial charge in [0, 0.05) is 26.4 Å². The molecule has 0 saturated heterocycles. The highest BCUT2D eigenvalue weighted by Crippen LogP contribution is 2.14. The van der Waals surface area contributed by atoms with Crippen molar-refractivity contribution in [3.8, 4) is 5.69 Å². The van der Waals surface area contributed by atoms with Crippen molar-refractivity contribution in [2.75, 3.05) is 14.1 Å². The molecule has 2 aromatic rings. The van der Waals surface area contributed by atoms with Crippen molar-refractivity contribution in [3.63, 3.8) is 0 Å². The quantitative estimate of drug-likeness (QED) is 0.622. The van der Waals surface area contributed by atoms with Gasteiger partial charge in [0.1, 0.15) is 0 Å². The van der Waals surface area contributed by atoms with Crippen LogP contribution < -0.4 is 0 Å². The van der Waals surface area contributed by atoms with Gasteiger partial charge in [-0.25, -0.2) is 4.68 Å². The third-order valence-corrected chi connectivity index (χ3v) is 2.80. The predicted molar refractivity (Wildman–Crippen MR) is 75.5 cm³/mol. The molecule has 0 spiro atoms. The van der Waals surface area contributed by atoms with E-state index in [-0.39, 0.29) is 5.78 Å². The lowest BCUT2D eigenvalue weighted by atomic mass is 10.1. The number of carbonyl (C=O) groups is 1. The molecule has 2 rings (SSSR count). The van der Waals surface area contributed by atoms with Gasteiger partial charge in [-0.3, -0.25) is 4.79 Å².